The van der Waals surface area contributed by atoms with Crippen LogP contribution in [0, 0.1) is 5.41 Å². The SMILES string of the molecule is CCCCCCCCC=CCCCCCCCC(=O)OCC(CO)(CO)COC(=O)CCCCCCCC. The molecule has 0 rings (SSSR count). The molecule has 0 atom stereocenters. The van der Waals surface area contributed by atoms with Gasteiger partial charge in [0.2, 0.25) is 0 Å². The summed E-state index contributed by atoms with van der Waals surface area (Å²) in [5, 5.41) is 19.5. The van der Waals surface area contributed by atoms with Gasteiger partial charge in [0.1, 0.15) is 13.2 Å². The van der Waals surface area contributed by atoms with Crippen LogP contribution in [0.1, 0.15) is 149 Å². The van der Waals surface area contributed by atoms with Crippen molar-refractivity contribution in [1.29, 1.82) is 0 Å². The quantitative estimate of drug-likeness (QED) is 0.0597. The maximum Gasteiger partial charge on any atom is 0.305 e. The molecule has 6 nitrogen and oxygen atoms in total. The lowest BCUT2D eigenvalue weighted by Crippen LogP contribution is -2.41. The van der Waals surface area contributed by atoms with E-state index in [-0.39, 0.29) is 25.2 Å². The number of ether oxygens (including phenoxy) is 2. The molecule has 0 aliphatic rings. The summed E-state index contributed by atoms with van der Waals surface area (Å²) in [6.07, 6.45) is 27.4. The number of rotatable bonds is 28. The standard InChI is InChI=1S/C32H60O6/c1-3-5-7-9-11-12-13-14-15-16-17-18-19-21-23-25-31(36)38-29-32(26-33,27-34)28-37-30(35)24-22-20-10-8-6-4-2/h14-15,33-34H,3-13,16-29H2,1-2H3. The monoisotopic (exact) mass is 540 g/mol. The fraction of sp³-hybridized carbons (Fsp3) is 0.875. The van der Waals surface area contributed by atoms with E-state index in [1.54, 1.807) is 0 Å². The lowest BCUT2D eigenvalue weighted by molar-refractivity contribution is -0.159. The lowest BCUT2D eigenvalue weighted by Gasteiger charge is -2.28. The van der Waals surface area contributed by atoms with Gasteiger partial charge in [0.25, 0.3) is 0 Å². The van der Waals surface area contributed by atoms with Crippen LogP contribution in [0.15, 0.2) is 12.2 Å². The van der Waals surface area contributed by atoms with E-state index in [0.717, 1.165) is 44.9 Å². The van der Waals surface area contributed by atoms with Gasteiger partial charge < -0.3 is 19.7 Å². The first-order valence-electron chi connectivity index (χ1n) is 15.7. The maximum absolute atomic E-state index is 12.1. The highest BCUT2D eigenvalue weighted by Crippen LogP contribution is 2.19. The van der Waals surface area contributed by atoms with E-state index >= 15 is 0 Å². The summed E-state index contributed by atoms with van der Waals surface area (Å²) >= 11 is 0. The van der Waals surface area contributed by atoms with E-state index in [0.29, 0.717) is 12.8 Å². The first-order valence-corrected chi connectivity index (χ1v) is 15.7. The highest BCUT2D eigenvalue weighted by Gasteiger charge is 2.32. The van der Waals surface area contributed by atoms with Gasteiger partial charge in [-0.15, -0.1) is 0 Å². The Morgan fingerprint density at radius 3 is 1.26 bits per heavy atom. The minimum atomic E-state index is -1.16. The summed E-state index contributed by atoms with van der Waals surface area (Å²) in [5.74, 6) is -0.682. The third-order valence-electron chi connectivity index (χ3n) is 7.13. The van der Waals surface area contributed by atoms with Crippen LogP contribution in [0.5, 0.6) is 0 Å². The Morgan fingerprint density at radius 2 is 0.895 bits per heavy atom. The van der Waals surface area contributed by atoms with Gasteiger partial charge in [0.15, 0.2) is 0 Å². The van der Waals surface area contributed by atoms with Crippen molar-refractivity contribution in [3.8, 4) is 0 Å². The number of carbonyl (C=O) groups excluding carboxylic acids is 2. The summed E-state index contributed by atoms with van der Waals surface area (Å²) in [7, 11) is 0. The fourth-order valence-corrected chi connectivity index (χ4v) is 4.28. The van der Waals surface area contributed by atoms with Crippen LogP contribution in [0.25, 0.3) is 0 Å². The third kappa shape index (κ3) is 22.6. The van der Waals surface area contributed by atoms with Crippen LogP contribution in [-0.2, 0) is 19.1 Å². The zero-order valence-electron chi connectivity index (χ0n) is 24.9. The highest BCUT2D eigenvalue weighted by molar-refractivity contribution is 5.69. The zero-order chi connectivity index (χ0) is 28.2. The van der Waals surface area contributed by atoms with Gasteiger partial charge in [-0.05, 0) is 38.5 Å². The van der Waals surface area contributed by atoms with Crippen molar-refractivity contribution in [2.24, 2.45) is 5.41 Å². The minimum Gasteiger partial charge on any atom is -0.465 e. The second kappa shape index (κ2) is 27.2. The zero-order valence-corrected chi connectivity index (χ0v) is 24.9. The van der Waals surface area contributed by atoms with Crippen molar-refractivity contribution < 1.29 is 29.3 Å². The second-order valence-electron chi connectivity index (χ2n) is 11.0. The highest BCUT2D eigenvalue weighted by atomic mass is 16.5. The molecule has 0 unspecified atom stereocenters. The van der Waals surface area contributed by atoms with Crippen molar-refractivity contribution in [3.63, 3.8) is 0 Å². The molecule has 0 spiro atoms. The van der Waals surface area contributed by atoms with Crippen LogP contribution in [0.2, 0.25) is 0 Å². The Morgan fingerprint density at radius 1 is 0.553 bits per heavy atom. The van der Waals surface area contributed by atoms with E-state index in [1.165, 1.54) is 77.0 Å². The summed E-state index contributed by atoms with van der Waals surface area (Å²) in [4.78, 5) is 24.2. The number of carbonyl (C=O) groups is 2. The number of esters is 2. The first kappa shape index (κ1) is 36.6. The predicted octanol–water partition coefficient (Wildman–Crippen LogP) is 7.83. The predicted molar refractivity (Wildman–Crippen MR) is 156 cm³/mol. The molecule has 0 saturated carbocycles. The van der Waals surface area contributed by atoms with Crippen molar-refractivity contribution in [2.45, 2.75) is 149 Å². The average Bonchev–Trinajstić information content (AvgIpc) is 2.93. The number of allylic oxidation sites excluding steroid dienone is 2. The van der Waals surface area contributed by atoms with Crippen LogP contribution in [0.4, 0.5) is 0 Å². The van der Waals surface area contributed by atoms with E-state index in [1.807, 2.05) is 0 Å². The Bertz CT molecular complexity index is 570. The Balaban J connectivity index is 3.83. The largest absolute Gasteiger partial charge is 0.465 e. The summed E-state index contributed by atoms with van der Waals surface area (Å²) in [6.45, 7) is 3.26. The smallest absolute Gasteiger partial charge is 0.305 e. The van der Waals surface area contributed by atoms with Crippen LogP contribution >= 0.6 is 0 Å². The van der Waals surface area contributed by atoms with Crippen LogP contribution in [-0.4, -0.2) is 48.6 Å². The van der Waals surface area contributed by atoms with Crippen molar-refractivity contribution in [1.82, 2.24) is 0 Å². The molecule has 0 aliphatic heterocycles. The molecule has 6 heteroatoms. The van der Waals surface area contributed by atoms with Gasteiger partial charge in [0, 0.05) is 12.8 Å². The summed E-state index contributed by atoms with van der Waals surface area (Å²) in [5.41, 5.74) is -1.16. The Hall–Kier alpha value is -1.40. The van der Waals surface area contributed by atoms with E-state index in [2.05, 4.69) is 26.0 Å². The van der Waals surface area contributed by atoms with Crippen molar-refractivity contribution in [3.05, 3.63) is 12.2 Å². The summed E-state index contributed by atoms with van der Waals surface area (Å²) < 4.78 is 10.6. The molecule has 2 N–H and O–H groups in total. The van der Waals surface area contributed by atoms with Crippen LogP contribution in [0.3, 0.4) is 0 Å². The van der Waals surface area contributed by atoms with Gasteiger partial charge in [0.05, 0.1) is 18.6 Å². The van der Waals surface area contributed by atoms with Gasteiger partial charge in [-0.1, -0.05) is 109 Å². The first-order chi connectivity index (χ1) is 18.5. The normalized spacial score (nSPS) is 11.8. The molecule has 0 aromatic rings. The number of hydrogen-bond donors (Lipinski definition) is 2. The number of unbranched alkanes of at least 4 members (excludes halogenated alkanes) is 16. The minimum absolute atomic E-state index is 0.157. The second-order valence-corrected chi connectivity index (χ2v) is 11.0. The van der Waals surface area contributed by atoms with Gasteiger partial charge in [-0.3, -0.25) is 9.59 Å². The molecule has 0 radical (unpaired) electrons. The molecule has 0 aromatic heterocycles. The molecule has 224 valence electrons. The number of aliphatic hydroxyl groups is 2. The molecule has 0 fully saturated rings. The number of aliphatic hydroxyl groups excluding tert-OH is 2. The third-order valence-corrected chi connectivity index (χ3v) is 7.13. The molecule has 0 heterocycles. The van der Waals surface area contributed by atoms with Gasteiger partial charge >= 0.3 is 11.9 Å². The topological polar surface area (TPSA) is 93.1 Å². The molecular formula is C32H60O6. The van der Waals surface area contributed by atoms with Crippen molar-refractivity contribution >= 4 is 11.9 Å². The molecule has 0 bridgehead atoms. The van der Waals surface area contributed by atoms with E-state index in [4.69, 9.17) is 9.47 Å². The Kier molecular flexibility index (Phi) is 26.2. The van der Waals surface area contributed by atoms with Crippen molar-refractivity contribution in [2.75, 3.05) is 26.4 Å². The molecule has 38 heavy (non-hydrogen) atoms. The molecule has 0 saturated heterocycles. The Labute approximate surface area is 234 Å². The average molecular weight is 541 g/mol. The molecule has 0 amide bonds. The fourth-order valence-electron chi connectivity index (χ4n) is 4.28. The van der Waals surface area contributed by atoms with Gasteiger partial charge in [-0.2, -0.15) is 0 Å². The summed E-state index contributed by atoms with van der Waals surface area (Å²) in [6, 6.07) is 0. The molecule has 0 aliphatic carbocycles. The van der Waals surface area contributed by atoms with E-state index < -0.39 is 18.6 Å². The lowest BCUT2D eigenvalue weighted by atomic mass is 9.92. The van der Waals surface area contributed by atoms with Gasteiger partial charge in [-0.25, -0.2) is 0 Å². The van der Waals surface area contributed by atoms with E-state index in [9.17, 15) is 19.8 Å². The number of hydrogen-bond acceptors (Lipinski definition) is 6. The molecular weight excluding hydrogens is 480 g/mol. The molecule has 0 aromatic carbocycles. The maximum atomic E-state index is 12.1. The van der Waals surface area contributed by atoms with Crippen LogP contribution < -0.4 is 0 Å².